The number of thioether (sulfide) groups is 1. The Labute approximate surface area is 151 Å². The van der Waals surface area contributed by atoms with Crippen molar-refractivity contribution >= 4 is 23.8 Å². The van der Waals surface area contributed by atoms with Gasteiger partial charge in [0.2, 0.25) is 0 Å². The summed E-state index contributed by atoms with van der Waals surface area (Å²) in [6, 6.07) is 12.2. The molecule has 25 heavy (non-hydrogen) atoms. The fourth-order valence-corrected chi connectivity index (χ4v) is 3.28. The van der Waals surface area contributed by atoms with Gasteiger partial charge >= 0.3 is 5.97 Å². The molecule has 0 atom stereocenters. The van der Waals surface area contributed by atoms with E-state index in [0.717, 1.165) is 27.1 Å². The number of aryl methyl sites for hydroxylation is 2. The number of esters is 1. The van der Waals surface area contributed by atoms with Gasteiger partial charge in [-0.15, -0.1) is 11.8 Å². The van der Waals surface area contributed by atoms with E-state index in [9.17, 15) is 9.18 Å². The quantitative estimate of drug-likeness (QED) is 0.334. The minimum Gasteiger partial charge on any atom is -0.465 e. The summed E-state index contributed by atoms with van der Waals surface area (Å²) in [5.74, 6) is -0.196. The minimum absolute atomic E-state index is 0.0356. The van der Waals surface area contributed by atoms with Gasteiger partial charge in [0, 0.05) is 10.6 Å². The lowest BCUT2D eigenvalue weighted by Gasteiger charge is -2.11. The summed E-state index contributed by atoms with van der Waals surface area (Å²) in [6.45, 7) is 3.95. The Hall–Kier alpha value is -2.58. The molecule has 0 fully saturated rings. The lowest BCUT2D eigenvalue weighted by atomic mass is 9.99. The zero-order chi connectivity index (χ0) is 18.4. The van der Waals surface area contributed by atoms with Crippen molar-refractivity contribution in [1.29, 1.82) is 5.26 Å². The number of hydrogen-bond donors (Lipinski definition) is 0. The maximum atomic E-state index is 13.0. The van der Waals surface area contributed by atoms with E-state index in [-0.39, 0.29) is 11.4 Å². The third kappa shape index (κ3) is 4.94. The molecule has 5 heteroatoms. The molecule has 0 aliphatic heterocycles. The zero-order valence-corrected chi connectivity index (χ0v) is 15.1. The largest absolute Gasteiger partial charge is 0.465 e. The molecule has 128 valence electrons. The first-order valence-corrected chi connectivity index (χ1v) is 8.61. The van der Waals surface area contributed by atoms with Crippen molar-refractivity contribution in [1.82, 2.24) is 0 Å². The maximum absolute atomic E-state index is 13.0. The molecule has 2 rings (SSSR count). The Balaban J connectivity index is 2.28. The van der Waals surface area contributed by atoms with Crippen LogP contribution in [0.5, 0.6) is 0 Å². The second-order valence-corrected chi connectivity index (χ2v) is 6.59. The number of hydrogen-bond acceptors (Lipinski definition) is 4. The molecule has 0 saturated heterocycles. The van der Waals surface area contributed by atoms with Gasteiger partial charge in [-0.2, -0.15) is 5.26 Å². The second kappa shape index (κ2) is 8.50. The van der Waals surface area contributed by atoms with Crippen LogP contribution in [0.1, 0.15) is 22.3 Å². The number of benzene rings is 2. The maximum Gasteiger partial charge on any atom is 0.348 e. The molecule has 2 aromatic carbocycles. The highest BCUT2D eigenvalue weighted by atomic mass is 32.2. The van der Waals surface area contributed by atoms with Crippen LogP contribution in [0.3, 0.4) is 0 Å². The normalized spacial score (nSPS) is 11.1. The molecule has 0 aliphatic rings. The first kappa shape index (κ1) is 18.8. The first-order valence-electron chi connectivity index (χ1n) is 7.63. The van der Waals surface area contributed by atoms with Gasteiger partial charge in [-0.05, 0) is 66.4 Å². The van der Waals surface area contributed by atoms with Crippen molar-refractivity contribution in [3.63, 3.8) is 0 Å². The van der Waals surface area contributed by atoms with Crippen molar-refractivity contribution in [3.05, 3.63) is 70.0 Å². The van der Waals surface area contributed by atoms with Gasteiger partial charge in [-0.1, -0.05) is 12.1 Å². The molecule has 0 aliphatic carbocycles. The summed E-state index contributed by atoms with van der Waals surface area (Å²) in [5, 5.41) is 9.12. The average molecular weight is 355 g/mol. The SMILES string of the molecule is COC(=O)C(C#N)=Cc1cc(CSc2ccc(F)cc2)c(C)cc1C. The smallest absolute Gasteiger partial charge is 0.348 e. The van der Waals surface area contributed by atoms with Crippen LogP contribution in [0.4, 0.5) is 4.39 Å². The molecule has 0 heterocycles. The highest BCUT2D eigenvalue weighted by Gasteiger charge is 2.11. The van der Waals surface area contributed by atoms with Gasteiger partial charge in [-0.3, -0.25) is 0 Å². The van der Waals surface area contributed by atoms with E-state index in [2.05, 4.69) is 4.74 Å². The third-order valence-corrected chi connectivity index (χ3v) is 4.82. The number of rotatable bonds is 5. The standard InChI is InChI=1S/C20H18FNO2S/c1-13-8-14(2)17(12-25-19-6-4-18(21)5-7-19)10-15(13)9-16(11-22)20(23)24-3/h4-10H,12H2,1-3H3. The molecule has 0 amide bonds. The van der Waals surface area contributed by atoms with E-state index in [0.29, 0.717) is 5.75 Å². The number of methoxy groups -OCH3 is 1. The summed E-state index contributed by atoms with van der Waals surface area (Å²) in [5.41, 5.74) is 3.97. The number of halogens is 1. The summed E-state index contributed by atoms with van der Waals surface area (Å²) in [6.07, 6.45) is 1.55. The van der Waals surface area contributed by atoms with Crippen molar-refractivity contribution in [2.75, 3.05) is 7.11 Å². The number of carbonyl (C=O) groups is 1. The summed E-state index contributed by atoms with van der Waals surface area (Å²) in [4.78, 5) is 12.6. The van der Waals surface area contributed by atoms with Crippen molar-refractivity contribution < 1.29 is 13.9 Å². The molecule has 0 unspecified atom stereocenters. The van der Waals surface area contributed by atoms with Gasteiger partial charge in [0.05, 0.1) is 7.11 Å². The van der Waals surface area contributed by atoms with Gasteiger partial charge in [-0.25, -0.2) is 9.18 Å². The third-order valence-electron chi connectivity index (χ3n) is 3.76. The van der Waals surface area contributed by atoms with Crippen molar-refractivity contribution in [2.24, 2.45) is 0 Å². The zero-order valence-electron chi connectivity index (χ0n) is 14.3. The highest BCUT2D eigenvalue weighted by Crippen LogP contribution is 2.27. The van der Waals surface area contributed by atoms with Gasteiger partial charge < -0.3 is 4.74 Å². The minimum atomic E-state index is -0.648. The lowest BCUT2D eigenvalue weighted by Crippen LogP contribution is -2.03. The fraction of sp³-hybridized carbons (Fsp3) is 0.200. The Morgan fingerprint density at radius 3 is 2.52 bits per heavy atom. The summed E-state index contributed by atoms with van der Waals surface area (Å²) < 4.78 is 17.6. The Kier molecular flexibility index (Phi) is 6.37. The van der Waals surface area contributed by atoms with E-state index in [1.807, 2.05) is 32.0 Å². The van der Waals surface area contributed by atoms with Crippen molar-refractivity contribution in [2.45, 2.75) is 24.5 Å². The van der Waals surface area contributed by atoms with Crippen LogP contribution in [0, 0.1) is 31.0 Å². The van der Waals surface area contributed by atoms with Crippen LogP contribution in [-0.4, -0.2) is 13.1 Å². The first-order chi connectivity index (χ1) is 11.9. The molecule has 3 nitrogen and oxygen atoms in total. The molecule has 0 radical (unpaired) electrons. The Bertz CT molecular complexity index is 851. The second-order valence-electron chi connectivity index (χ2n) is 5.54. The van der Waals surface area contributed by atoms with Crippen LogP contribution >= 0.6 is 11.8 Å². The number of nitriles is 1. The average Bonchev–Trinajstić information content (AvgIpc) is 2.61. The van der Waals surface area contributed by atoms with E-state index in [1.54, 1.807) is 30.0 Å². The fourth-order valence-electron chi connectivity index (χ4n) is 2.32. The van der Waals surface area contributed by atoms with E-state index in [1.165, 1.54) is 19.2 Å². The molecule has 0 aromatic heterocycles. The van der Waals surface area contributed by atoms with Crippen LogP contribution in [0.15, 0.2) is 46.9 Å². The van der Waals surface area contributed by atoms with Crippen LogP contribution in [-0.2, 0) is 15.3 Å². The molecule has 2 aromatic rings. The number of ether oxygens (including phenoxy) is 1. The van der Waals surface area contributed by atoms with Crippen LogP contribution in [0.25, 0.3) is 6.08 Å². The number of carbonyl (C=O) groups excluding carboxylic acids is 1. The monoisotopic (exact) mass is 355 g/mol. The van der Waals surface area contributed by atoms with E-state index < -0.39 is 5.97 Å². The van der Waals surface area contributed by atoms with Crippen LogP contribution in [0.2, 0.25) is 0 Å². The number of nitrogens with zero attached hydrogens (tertiary/aromatic N) is 1. The molecule has 0 bridgehead atoms. The van der Waals surface area contributed by atoms with Gasteiger partial charge in [0.25, 0.3) is 0 Å². The molecule has 0 spiro atoms. The van der Waals surface area contributed by atoms with E-state index >= 15 is 0 Å². The predicted octanol–water partition coefficient (Wildman–Crippen LogP) is 4.81. The van der Waals surface area contributed by atoms with Crippen molar-refractivity contribution in [3.8, 4) is 6.07 Å². The highest BCUT2D eigenvalue weighted by molar-refractivity contribution is 7.98. The molecule has 0 saturated carbocycles. The topological polar surface area (TPSA) is 50.1 Å². The lowest BCUT2D eigenvalue weighted by molar-refractivity contribution is -0.135. The molecule has 0 N–H and O–H groups in total. The molecular weight excluding hydrogens is 337 g/mol. The van der Waals surface area contributed by atoms with Gasteiger partial charge in [0.1, 0.15) is 17.5 Å². The Morgan fingerprint density at radius 1 is 1.24 bits per heavy atom. The van der Waals surface area contributed by atoms with Gasteiger partial charge in [0.15, 0.2) is 0 Å². The molecular formula is C20H18FNO2S. The summed E-state index contributed by atoms with van der Waals surface area (Å²) >= 11 is 1.60. The van der Waals surface area contributed by atoms with E-state index in [4.69, 9.17) is 5.26 Å². The Morgan fingerprint density at radius 2 is 1.92 bits per heavy atom. The summed E-state index contributed by atoms with van der Waals surface area (Å²) in [7, 11) is 1.25. The van der Waals surface area contributed by atoms with Crippen LogP contribution < -0.4 is 0 Å². The predicted molar refractivity (Wildman–Crippen MR) is 97.5 cm³/mol.